The predicted octanol–water partition coefficient (Wildman–Crippen LogP) is 2.29. The molecule has 1 aliphatic rings. The van der Waals surface area contributed by atoms with E-state index in [0.29, 0.717) is 23.4 Å². The molecule has 1 atom stereocenters. The third-order valence-corrected chi connectivity index (χ3v) is 4.60. The monoisotopic (exact) mass is 352 g/mol. The molecule has 0 bridgehead atoms. The van der Waals surface area contributed by atoms with E-state index in [1.807, 2.05) is 25.6 Å². The van der Waals surface area contributed by atoms with Crippen molar-refractivity contribution in [3.63, 3.8) is 0 Å². The quantitative estimate of drug-likeness (QED) is 0.765. The van der Waals surface area contributed by atoms with E-state index in [9.17, 15) is 9.59 Å². The second-order valence-electron chi connectivity index (χ2n) is 5.85. The fraction of sp³-hybridized carbons (Fsp3) is 0.529. The van der Waals surface area contributed by atoms with Crippen LogP contribution in [0.4, 0.5) is 5.69 Å². The largest absolute Gasteiger partial charge is 0.489 e. The van der Waals surface area contributed by atoms with Crippen molar-refractivity contribution in [3.8, 4) is 5.75 Å². The summed E-state index contributed by atoms with van der Waals surface area (Å²) in [5.74, 6) is 1.98. The van der Waals surface area contributed by atoms with Gasteiger partial charge in [-0.15, -0.1) is 0 Å². The summed E-state index contributed by atoms with van der Waals surface area (Å²) in [6.45, 7) is 4.73. The number of hydrogen-bond donors (Lipinski definition) is 2. The lowest BCUT2D eigenvalue weighted by molar-refractivity contribution is -0.116. The molecule has 1 aromatic rings. The number of carbonyl (C=O) groups is 2. The zero-order chi connectivity index (χ0) is 17.5. The standard InChI is InChI=1S/C17H24N2O4S/c1-11(2)23-15-5-4-12(17(21)22-3)8-14(15)19-16(20)9-13-10-24-7-6-18-13/h4-5,8,11,13,18H,6-7,9-10H2,1-3H3,(H,19,20). The molecule has 1 fully saturated rings. The molecular weight excluding hydrogens is 328 g/mol. The molecule has 0 radical (unpaired) electrons. The third kappa shape index (κ3) is 5.42. The number of hydrogen-bond acceptors (Lipinski definition) is 6. The number of amides is 1. The number of anilines is 1. The van der Waals surface area contributed by atoms with Crippen molar-refractivity contribution in [2.75, 3.05) is 30.5 Å². The van der Waals surface area contributed by atoms with Gasteiger partial charge in [-0.1, -0.05) is 0 Å². The van der Waals surface area contributed by atoms with Crippen LogP contribution in [0.15, 0.2) is 18.2 Å². The smallest absolute Gasteiger partial charge is 0.337 e. The molecule has 0 spiro atoms. The molecular formula is C17H24N2O4S. The first kappa shape index (κ1) is 18.6. The highest BCUT2D eigenvalue weighted by molar-refractivity contribution is 7.99. The second kappa shape index (κ2) is 8.94. The Labute approximate surface area is 146 Å². The Balaban J connectivity index is 2.11. The van der Waals surface area contributed by atoms with Crippen molar-refractivity contribution in [1.29, 1.82) is 0 Å². The van der Waals surface area contributed by atoms with Crippen LogP contribution in [0.2, 0.25) is 0 Å². The van der Waals surface area contributed by atoms with Gasteiger partial charge in [0.25, 0.3) is 0 Å². The summed E-state index contributed by atoms with van der Waals surface area (Å²) in [5, 5.41) is 6.20. The molecule has 2 rings (SSSR count). The van der Waals surface area contributed by atoms with Gasteiger partial charge in [0.1, 0.15) is 5.75 Å². The molecule has 0 aromatic heterocycles. The minimum absolute atomic E-state index is 0.0407. The first-order valence-electron chi connectivity index (χ1n) is 7.99. The Kier molecular flexibility index (Phi) is 6.93. The Morgan fingerprint density at radius 3 is 2.83 bits per heavy atom. The van der Waals surface area contributed by atoms with Crippen molar-refractivity contribution in [1.82, 2.24) is 5.32 Å². The zero-order valence-corrected chi connectivity index (χ0v) is 15.1. The van der Waals surface area contributed by atoms with E-state index in [-0.39, 0.29) is 18.1 Å². The molecule has 132 valence electrons. The molecule has 1 aromatic carbocycles. The van der Waals surface area contributed by atoms with Crippen LogP contribution in [0, 0.1) is 0 Å². The maximum Gasteiger partial charge on any atom is 0.337 e. The van der Waals surface area contributed by atoms with Gasteiger partial charge in [-0.2, -0.15) is 11.8 Å². The average Bonchev–Trinajstić information content (AvgIpc) is 2.56. The van der Waals surface area contributed by atoms with Crippen molar-refractivity contribution in [2.24, 2.45) is 0 Å². The van der Waals surface area contributed by atoms with Crippen LogP contribution >= 0.6 is 11.8 Å². The van der Waals surface area contributed by atoms with Crippen molar-refractivity contribution < 1.29 is 19.1 Å². The van der Waals surface area contributed by atoms with Gasteiger partial charge in [-0.05, 0) is 32.0 Å². The van der Waals surface area contributed by atoms with E-state index >= 15 is 0 Å². The SMILES string of the molecule is COC(=O)c1ccc(OC(C)C)c(NC(=O)CC2CSCCN2)c1. The molecule has 1 saturated heterocycles. The third-order valence-electron chi connectivity index (χ3n) is 3.47. The number of esters is 1. The topological polar surface area (TPSA) is 76.7 Å². The van der Waals surface area contributed by atoms with Gasteiger partial charge in [0.05, 0.1) is 24.5 Å². The number of benzene rings is 1. The molecule has 1 unspecified atom stereocenters. The first-order chi connectivity index (χ1) is 11.5. The number of thioether (sulfide) groups is 1. The van der Waals surface area contributed by atoms with Crippen molar-refractivity contribution >= 4 is 29.3 Å². The fourth-order valence-electron chi connectivity index (χ4n) is 2.41. The summed E-state index contributed by atoms with van der Waals surface area (Å²) in [6, 6.07) is 5.06. The molecule has 0 aliphatic carbocycles. The van der Waals surface area contributed by atoms with Crippen LogP contribution in [-0.2, 0) is 9.53 Å². The summed E-state index contributed by atoms with van der Waals surface area (Å²) in [6.07, 6.45) is 0.345. The van der Waals surface area contributed by atoms with Crippen LogP contribution < -0.4 is 15.4 Å². The number of nitrogens with one attached hydrogen (secondary N) is 2. The number of carbonyl (C=O) groups excluding carboxylic acids is 2. The van der Waals surface area contributed by atoms with E-state index in [1.54, 1.807) is 18.2 Å². The van der Waals surface area contributed by atoms with Crippen molar-refractivity contribution in [2.45, 2.75) is 32.4 Å². The summed E-state index contributed by atoms with van der Waals surface area (Å²) in [4.78, 5) is 24.1. The lowest BCUT2D eigenvalue weighted by Gasteiger charge is -2.23. The lowest BCUT2D eigenvalue weighted by atomic mass is 10.1. The molecule has 1 amide bonds. The highest BCUT2D eigenvalue weighted by Gasteiger charge is 2.19. The van der Waals surface area contributed by atoms with E-state index < -0.39 is 5.97 Å². The van der Waals surface area contributed by atoms with Crippen LogP contribution in [0.5, 0.6) is 5.75 Å². The van der Waals surface area contributed by atoms with E-state index in [2.05, 4.69) is 10.6 Å². The highest BCUT2D eigenvalue weighted by Crippen LogP contribution is 2.27. The molecule has 2 N–H and O–H groups in total. The molecule has 6 nitrogen and oxygen atoms in total. The number of rotatable bonds is 6. The van der Waals surface area contributed by atoms with Gasteiger partial charge < -0.3 is 20.1 Å². The summed E-state index contributed by atoms with van der Waals surface area (Å²) in [7, 11) is 1.32. The lowest BCUT2D eigenvalue weighted by Crippen LogP contribution is -2.39. The van der Waals surface area contributed by atoms with E-state index in [4.69, 9.17) is 9.47 Å². The van der Waals surface area contributed by atoms with Crippen LogP contribution in [-0.4, -0.2) is 49.2 Å². The first-order valence-corrected chi connectivity index (χ1v) is 9.15. The second-order valence-corrected chi connectivity index (χ2v) is 7.00. The van der Waals surface area contributed by atoms with Gasteiger partial charge in [-0.3, -0.25) is 4.79 Å². The Morgan fingerprint density at radius 1 is 1.42 bits per heavy atom. The van der Waals surface area contributed by atoms with Gasteiger partial charge in [-0.25, -0.2) is 4.79 Å². The average molecular weight is 352 g/mol. The highest BCUT2D eigenvalue weighted by atomic mass is 32.2. The minimum Gasteiger partial charge on any atom is -0.489 e. The summed E-state index contributed by atoms with van der Waals surface area (Å²) < 4.78 is 10.5. The predicted molar refractivity (Wildman–Crippen MR) is 95.9 cm³/mol. The van der Waals surface area contributed by atoms with Gasteiger partial charge in [0.15, 0.2) is 0 Å². The zero-order valence-electron chi connectivity index (χ0n) is 14.3. The van der Waals surface area contributed by atoms with Crippen LogP contribution in [0.25, 0.3) is 0 Å². The Morgan fingerprint density at radius 2 is 2.21 bits per heavy atom. The van der Waals surface area contributed by atoms with Gasteiger partial charge in [0, 0.05) is 30.5 Å². The number of ether oxygens (including phenoxy) is 2. The maximum absolute atomic E-state index is 12.3. The fourth-order valence-corrected chi connectivity index (χ4v) is 3.35. The van der Waals surface area contributed by atoms with E-state index in [0.717, 1.165) is 18.1 Å². The minimum atomic E-state index is -0.452. The molecule has 1 heterocycles. The maximum atomic E-state index is 12.3. The van der Waals surface area contributed by atoms with Gasteiger partial charge >= 0.3 is 5.97 Å². The molecule has 1 aliphatic heterocycles. The van der Waals surface area contributed by atoms with Gasteiger partial charge in [0.2, 0.25) is 5.91 Å². The van der Waals surface area contributed by atoms with Crippen LogP contribution in [0.3, 0.4) is 0 Å². The molecule has 7 heteroatoms. The summed E-state index contributed by atoms with van der Waals surface area (Å²) >= 11 is 1.84. The normalized spacial score (nSPS) is 17.4. The summed E-state index contributed by atoms with van der Waals surface area (Å²) in [5.41, 5.74) is 0.857. The Hall–Kier alpha value is -1.73. The van der Waals surface area contributed by atoms with E-state index in [1.165, 1.54) is 7.11 Å². The molecule has 24 heavy (non-hydrogen) atoms. The van der Waals surface area contributed by atoms with Crippen molar-refractivity contribution in [3.05, 3.63) is 23.8 Å². The molecule has 0 saturated carbocycles. The Bertz CT molecular complexity index is 586. The van der Waals surface area contributed by atoms with Crippen LogP contribution in [0.1, 0.15) is 30.6 Å². The number of methoxy groups -OCH3 is 1.